The highest BCUT2D eigenvalue weighted by molar-refractivity contribution is 6.09. The number of nitrogens with one attached hydrogen (secondary N) is 2. The molecule has 1 spiro atoms. The lowest BCUT2D eigenvalue weighted by molar-refractivity contribution is -0.125. The summed E-state index contributed by atoms with van der Waals surface area (Å²) in [5.74, 6) is 1.07. The van der Waals surface area contributed by atoms with Crippen molar-refractivity contribution in [3.8, 4) is 0 Å². The first kappa shape index (κ1) is 11.4. The molecular weight excluding hydrogens is 206 g/mol. The quantitative estimate of drug-likeness (QED) is 0.709. The Morgan fingerprint density at radius 1 is 1.62 bits per heavy atom. The highest BCUT2D eigenvalue weighted by Gasteiger charge is 2.52. The molecule has 16 heavy (non-hydrogen) atoms. The van der Waals surface area contributed by atoms with E-state index in [9.17, 15) is 4.79 Å². The summed E-state index contributed by atoms with van der Waals surface area (Å²) in [5.41, 5.74) is -0.587. The fourth-order valence-electron chi connectivity index (χ4n) is 2.08. The van der Waals surface area contributed by atoms with Crippen molar-refractivity contribution in [1.29, 1.82) is 0 Å². The smallest absolute Gasteiger partial charge is 0.255 e. The van der Waals surface area contributed by atoms with Crippen LogP contribution in [0.3, 0.4) is 0 Å². The molecule has 0 aromatic rings. The molecule has 0 bridgehead atoms. The van der Waals surface area contributed by atoms with Gasteiger partial charge in [0.15, 0.2) is 5.96 Å². The lowest BCUT2D eigenvalue weighted by atomic mass is 9.93. The molecule has 5 heteroatoms. The highest BCUT2D eigenvalue weighted by Crippen LogP contribution is 2.28. The largest absolute Gasteiger partial charge is 0.375 e. The number of hydrogen-bond donors (Lipinski definition) is 2. The van der Waals surface area contributed by atoms with E-state index in [1.807, 2.05) is 6.92 Å². The number of carbonyl (C=O) groups is 1. The van der Waals surface area contributed by atoms with E-state index in [1.54, 1.807) is 0 Å². The van der Waals surface area contributed by atoms with E-state index in [-0.39, 0.29) is 12.0 Å². The van der Waals surface area contributed by atoms with Crippen LogP contribution >= 0.6 is 0 Å². The maximum atomic E-state index is 11.9. The number of nitrogens with zero attached hydrogens (tertiary/aromatic N) is 1. The van der Waals surface area contributed by atoms with Crippen LogP contribution in [-0.4, -0.2) is 36.7 Å². The van der Waals surface area contributed by atoms with Gasteiger partial charge in [0.25, 0.3) is 5.91 Å². The summed E-state index contributed by atoms with van der Waals surface area (Å²) in [6.45, 7) is 7.45. The standard InChI is InChI=1S/C11H19N3O2/c1-7(2)6-12-10-13-9(15)11(14-10)4-5-16-8(11)3/h7-8H,4-6H2,1-3H3,(H2,12,13,14,15). The van der Waals surface area contributed by atoms with Crippen LogP contribution in [0.1, 0.15) is 27.2 Å². The molecule has 5 nitrogen and oxygen atoms in total. The normalized spacial score (nSPS) is 36.1. The number of carbonyl (C=O) groups excluding carboxylic acids is 1. The summed E-state index contributed by atoms with van der Waals surface area (Å²) in [4.78, 5) is 16.3. The Morgan fingerprint density at radius 3 is 2.94 bits per heavy atom. The van der Waals surface area contributed by atoms with Crippen LogP contribution in [0.15, 0.2) is 4.99 Å². The molecule has 0 aliphatic carbocycles. The van der Waals surface area contributed by atoms with Crippen molar-refractivity contribution in [3.05, 3.63) is 0 Å². The fourth-order valence-corrected chi connectivity index (χ4v) is 2.08. The number of amides is 1. The monoisotopic (exact) mass is 225 g/mol. The summed E-state index contributed by atoms with van der Waals surface area (Å²) >= 11 is 0. The van der Waals surface area contributed by atoms with Crippen LogP contribution in [0.25, 0.3) is 0 Å². The first-order valence-electron chi connectivity index (χ1n) is 5.80. The van der Waals surface area contributed by atoms with Crippen molar-refractivity contribution in [2.45, 2.75) is 38.8 Å². The van der Waals surface area contributed by atoms with E-state index < -0.39 is 5.54 Å². The number of aliphatic imine (C=N–C) groups is 1. The van der Waals surface area contributed by atoms with Gasteiger partial charge in [0, 0.05) is 19.6 Å². The van der Waals surface area contributed by atoms with Gasteiger partial charge in [0.1, 0.15) is 5.54 Å². The van der Waals surface area contributed by atoms with Crippen LogP contribution in [-0.2, 0) is 9.53 Å². The molecule has 2 fully saturated rings. The van der Waals surface area contributed by atoms with Crippen molar-refractivity contribution in [2.24, 2.45) is 10.9 Å². The van der Waals surface area contributed by atoms with E-state index >= 15 is 0 Å². The second kappa shape index (κ2) is 4.05. The molecule has 0 radical (unpaired) electrons. The average molecular weight is 225 g/mol. The molecule has 2 aliphatic heterocycles. The molecule has 2 aliphatic rings. The average Bonchev–Trinajstić information content (AvgIpc) is 2.72. The molecule has 90 valence electrons. The minimum Gasteiger partial charge on any atom is -0.375 e. The third-order valence-electron chi connectivity index (χ3n) is 3.15. The van der Waals surface area contributed by atoms with Crippen LogP contribution in [0.2, 0.25) is 0 Å². The van der Waals surface area contributed by atoms with Crippen molar-refractivity contribution in [1.82, 2.24) is 10.6 Å². The van der Waals surface area contributed by atoms with E-state index in [0.29, 0.717) is 31.4 Å². The Kier molecular flexibility index (Phi) is 2.88. The molecule has 0 aromatic heterocycles. The fraction of sp³-hybridized carbons (Fsp3) is 0.818. The first-order chi connectivity index (χ1) is 7.54. The summed E-state index contributed by atoms with van der Waals surface area (Å²) < 4.78 is 5.46. The Hall–Kier alpha value is -1.10. The highest BCUT2D eigenvalue weighted by atomic mass is 16.5. The molecule has 2 atom stereocenters. The second-order valence-electron chi connectivity index (χ2n) is 4.90. The molecule has 2 saturated heterocycles. The minimum atomic E-state index is -0.587. The molecule has 0 saturated carbocycles. The maximum Gasteiger partial charge on any atom is 0.255 e. The number of rotatable bonds is 2. The van der Waals surface area contributed by atoms with E-state index in [1.165, 1.54) is 0 Å². The predicted octanol–water partition coefficient (Wildman–Crippen LogP) is 0.265. The van der Waals surface area contributed by atoms with Gasteiger partial charge in [-0.25, -0.2) is 0 Å². The summed E-state index contributed by atoms with van der Waals surface area (Å²) in [5, 5.41) is 5.98. The van der Waals surface area contributed by atoms with Gasteiger partial charge in [-0.05, 0) is 12.8 Å². The topological polar surface area (TPSA) is 62.7 Å². The zero-order valence-electron chi connectivity index (χ0n) is 10.0. The molecular formula is C11H19N3O2. The lowest BCUT2D eigenvalue weighted by Crippen LogP contribution is -2.52. The van der Waals surface area contributed by atoms with Crippen LogP contribution in [0, 0.1) is 5.92 Å². The number of guanidine groups is 1. The summed E-state index contributed by atoms with van der Waals surface area (Å²) in [7, 11) is 0. The van der Waals surface area contributed by atoms with E-state index in [2.05, 4.69) is 29.5 Å². The molecule has 1 amide bonds. The van der Waals surface area contributed by atoms with Crippen molar-refractivity contribution < 1.29 is 9.53 Å². The van der Waals surface area contributed by atoms with Gasteiger partial charge in [-0.15, -0.1) is 0 Å². The van der Waals surface area contributed by atoms with Gasteiger partial charge in [-0.2, -0.15) is 0 Å². The van der Waals surface area contributed by atoms with Gasteiger partial charge in [-0.3, -0.25) is 15.1 Å². The second-order valence-corrected chi connectivity index (χ2v) is 4.90. The number of ether oxygens (including phenoxy) is 1. The Labute approximate surface area is 95.6 Å². The summed E-state index contributed by atoms with van der Waals surface area (Å²) in [6.07, 6.45) is 0.611. The Bertz CT molecular complexity index is 327. The van der Waals surface area contributed by atoms with E-state index in [4.69, 9.17) is 4.74 Å². The third-order valence-corrected chi connectivity index (χ3v) is 3.15. The van der Waals surface area contributed by atoms with Crippen molar-refractivity contribution in [2.75, 3.05) is 13.2 Å². The predicted molar refractivity (Wildman–Crippen MR) is 61.2 cm³/mol. The zero-order valence-corrected chi connectivity index (χ0v) is 10.0. The molecule has 2 heterocycles. The maximum absolute atomic E-state index is 11.9. The zero-order chi connectivity index (χ0) is 11.8. The SMILES string of the molecule is CC(C)CN=C1NC(=O)C2(CCOC2C)N1. The van der Waals surface area contributed by atoms with Crippen molar-refractivity contribution in [3.63, 3.8) is 0 Å². The molecule has 2 unspecified atom stereocenters. The van der Waals surface area contributed by atoms with Gasteiger partial charge >= 0.3 is 0 Å². The number of hydrogen-bond acceptors (Lipinski definition) is 3. The van der Waals surface area contributed by atoms with Gasteiger partial charge in [0.05, 0.1) is 6.10 Å². The molecule has 2 rings (SSSR count). The van der Waals surface area contributed by atoms with Crippen molar-refractivity contribution >= 4 is 11.9 Å². The molecule has 0 aromatic carbocycles. The van der Waals surface area contributed by atoms with Crippen LogP contribution in [0.5, 0.6) is 0 Å². The van der Waals surface area contributed by atoms with Gasteiger partial charge in [-0.1, -0.05) is 13.8 Å². The molecule has 2 N–H and O–H groups in total. The van der Waals surface area contributed by atoms with Crippen LogP contribution < -0.4 is 10.6 Å². The summed E-state index contributed by atoms with van der Waals surface area (Å²) in [6, 6.07) is 0. The van der Waals surface area contributed by atoms with Crippen LogP contribution in [0.4, 0.5) is 0 Å². The Balaban J connectivity index is 2.10. The third kappa shape index (κ3) is 1.80. The first-order valence-corrected chi connectivity index (χ1v) is 5.80. The lowest BCUT2D eigenvalue weighted by Gasteiger charge is -2.23. The van der Waals surface area contributed by atoms with Gasteiger partial charge in [0.2, 0.25) is 0 Å². The van der Waals surface area contributed by atoms with E-state index in [0.717, 1.165) is 0 Å². The van der Waals surface area contributed by atoms with Gasteiger partial charge < -0.3 is 10.1 Å². The minimum absolute atomic E-state index is 0.0139. The Morgan fingerprint density at radius 2 is 2.38 bits per heavy atom.